The highest BCUT2D eigenvalue weighted by Crippen LogP contribution is 2.38. The van der Waals surface area contributed by atoms with E-state index in [1.54, 1.807) is 0 Å². The molecule has 0 saturated heterocycles. The third kappa shape index (κ3) is 5.10. The third-order valence-corrected chi connectivity index (χ3v) is 7.42. The molecule has 2 aliphatic rings. The molecule has 0 radical (unpaired) electrons. The second-order valence-electron chi connectivity index (χ2n) is 9.61. The number of unbranched alkanes of at least 4 members (excludes halogenated alkanes) is 1. The molecule has 1 saturated carbocycles. The van der Waals surface area contributed by atoms with Crippen LogP contribution in [-0.2, 0) is 6.42 Å². The highest BCUT2D eigenvalue weighted by Gasteiger charge is 2.24. The molecule has 0 N–H and O–H groups in total. The van der Waals surface area contributed by atoms with Crippen LogP contribution in [0.2, 0.25) is 0 Å². The van der Waals surface area contributed by atoms with Gasteiger partial charge in [0.1, 0.15) is 11.6 Å². The largest absolute Gasteiger partial charge is 0.206 e. The van der Waals surface area contributed by atoms with E-state index in [-0.39, 0.29) is 11.1 Å². The first-order valence-corrected chi connectivity index (χ1v) is 12.1. The van der Waals surface area contributed by atoms with Crippen molar-refractivity contribution in [3.63, 3.8) is 0 Å². The van der Waals surface area contributed by atoms with Crippen molar-refractivity contribution >= 4 is 6.08 Å². The van der Waals surface area contributed by atoms with E-state index in [1.165, 1.54) is 62.7 Å². The molecule has 2 aliphatic carbocycles. The maximum atomic E-state index is 15.2. The highest BCUT2D eigenvalue weighted by atomic mass is 19.2. The summed E-state index contributed by atoms with van der Waals surface area (Å²) in [5.74, 6) is -1.88. The first kappa shape index (κ1) is 23.1. The lowest BCUT2D eigenvalue weighted by Gasteiger charge is -2.29. The Bertz CT molecular complexity index is 983. The van der Waals surface area contributed by atoms with E-state index in [2.05, 4.69) is 6.92 Å². The summed E-state index contributed by atoms with van der Waals surface area (Å²) in [5, 5.41) is 0. The summed E-state index contributed by atoms with van der Waals surface area (Å²) in [6.07, 6.45) is 14.6. The van der Waals surface area contributed by atoms with Gasteiger partial charge in [0.15, 0.2) is 11.6 Å². The summed E-state index contributed by atoms with van der Waals surface area (Å²) in [4.78, 5) is 0. The van der Waals surface area contributed by atoms with Gasteiger partial charge in [-0.05, 0) is 72.4 Å². The molecule has 0 amide bonds. The number of hydrogen-bond donors (Lipinski definition) is 0. The van der Waals surface area contributed by atoms with Crippen LogP contribution in [0.25, 0.3) is 17.2 Å². The minimum absolute atomic E-state index is 0.0195. The monoisotopic (exact) mass is 444 g/mol. The molecule has 0 nitrogen and oxygen atoms in total. The maximum absolute atomic E-state index is 15.2. The second-order valence-corrected chi connectivity index (χ2v) is 9.61. The number of fused-ring (bicyclic) bond motifs is 1. The van der Waals surface area contributed by atoms with Crippen molar-refractivity contribution in [2.45, 2.75) is 77.6 Å². The van der Waals surface area contributed by atoms with Gasteiger partial charge in [-0.1, -0.05) is 69.6 Å². The molecule has 0 aromatic heterocycles. The van der Waals surface area contributed by atoms with Gasteiger partial charge in [-0.15, -0.1) is 0 Å². The summed E-state index contributed by atoms with van der Waals surface area (Å²) >= 11 is 0. The molecular weight excluding hydrogens is 412 g/mol. The van der Waals surface area contributed by atoms with Gasteiger partial charge < -0.3 is 0 Å². The van der Waals surface area contributed by atoms with Gasteiger partial charge in [-0.3, -0.25) is 0 Å². The van der Waals surface area contributed by atoms with Crippen molar-refractivity contribution in [3.8, 4) is 11.1 Å². The van der Waals surface area contributed by atoms with E-state index in [9.17, 15) is 13.2 Å². The van der Waals surface area contributed by atoms with Gasteiger partial charge in [0, 0.05) is 0 Å². The van der Waals surface area contributed by atoms with Gasteiger partial charge in [0.2, 0.25) is 0 Å². The zero-order valence-electron chi connectivity index (χ0n) is 18.8. The van der Waals surface area contributed by atoms with E-state index < -0.39 is 23.3 Å². The molecule has 1 fully saturated rings. The van der Waals surface area contributed by atoms with Crippen LogP contribution in [0.4, 0.5) is 17.6 Å². The fourth-order valence-corrected chi connectivity index (χ4v) is 5.44. The van der Waals surface area contributed by atoms with Crippen LogP contribution < -0.4 is 0 Å². The quantitative estimate of drug-likeness (QED) is 0.374. The van der Waals surface area contributed by atoms with Crippen LogP contribution in [0.5, 0.6) is 0 Å². The molecule has 2 aromatic rings. The lowest BCUT2D eigenvalue weighted by Crippen LogP contribution is -2.15. The summed E-state index contributed by atoms with van der Waals surface area (Å²) in [5.41, 5.74) is 2.04. The van der Waals surface area contributed by atoms with Gasteiger partial charge >= 0.3 is 0 Å². The predicted molar refractivity (Wildman–Crippen MR) is 122 cm³/mol. The Hall–Kier alpha value is -2.10. The Morgan fingerprint density at radius 3 is 2.22 bits per heavy atom. The number of rotatable bonds is 7. The van der Waals surface area contributed by atoms with E-state index in [0.717, 1.165) is 43.2 Å². The lowest BCUT2D eigenvalue weighted by molar-refractivity contribution is 0.249. The van der Waals surface area contributed by atoms with Gasteiger partial charge in [-0.25, -0.2) is 17.6 Å². The molecule has 4 heteroatoms. The summed E-state index contributed by atoms with van der Waals surface area (Å²) in [6, 6.07) is 4.31. The van der Waals surface area contributed by atoms with E-state index in [4.69, 9.17) is 0 Å². The number of halogens is 4. The highest BCUT2D eigenvalue weighted by molar-refractivity contribution is 5.71. The van der Waals surface area contributed by atoms with Gasteiger partial charge in [-0.2, -0.15) is 0 Å². The van der Waals surface area contributed by atoms with Crippen LogP contribution >= 0.6 is 0 Å². The van der Waals surface area contributed by atoms with Crippen molar-refractivity contribution in [1.29, 1.82) is 0 Å². The number of hydrogen-bond acceptors (Lipinski definition) is 0. The third-order valence-electron chi connectivity index (χ3n) is 7.42. The smallest absolute Gasteiger partial charge is 0.159 e. The summed E-state index contributed by atoms with van der Waals surface area (Å²) < 4.78 is 56.8. The normalized spacial score (nSPS) is 20.7. The standard InChI is InChI=1S/C28H32F4/c1-2-3-4-18-5-7-19(8-6-18)9-10-20-11-13-23-22(15-20)17-26(31)27(28(23)32)21-12-14-24(29)25(30)16-21/h12,14-19H,2-11,13H2,1H3. The fourth-order valence-electron chi connectivity index (χ4n) is 5.44. The van der Waals surface area contributed by atoms with Gasteiger partial charge in [0.05, 0.1) is 5.56 Å². The zero-order chi connectivity index (χ0) is 22.7. The molecule has 172 valence electrons. The van der Waals surface area contributed by atoms with Crippen LogP contribution in [0.3, 0.4) is 0 Å². The molecule has 0 spiro atoms. The van der Waals surface area contributed by atoms with Crippen LogP contribution in [0.15, 0.2) is 29.8 Å². The minimum atomic E-state index is -1.11. The minimum Gasteiger partial charge on any atom is -0.206 e. The first-order valence-electron chi connectivity index (χ1n) is 12.1. The second kappa shape index (κ2) is 10.2. The lowest BCUT2D eigenvalue weighted by atomic mass is 9.77. The van der Waals surface area contributed by atoms with E-state index >= 15 is 4.39 Å². The van der Waals surface area contributed by atoms with Crippen molar-refractivity contribution in [3.05, 3.63) is 64.2 Å². The van der Waals surface area contributed by atoms with Crippen molar-refractivity contribution in [1.82, 2.24) is 0 Å². The summed E-state index contributed by atoms with van der Waals surface area (Å²) in [7, 11) is 0. The molecule has 4 rings (SSSR count). The fraction of sp³-hybridized carbons (Fsp3) is 0.500. The molecule has 0 heterocycles. The molecule has 2 aromatic carbocycles. The Morgan fingerprint density at radius 2 is 1.53 bits per heavy atom. The average molecular weight is 445 g/mol. The van der Waals surface area contributed by atoms with Gasteiger partial charge in [0.25, 0.3) is 0 Å². The maximum Gasteiger partial charge on any atom is 0.159 e. The predicted octanol–water partition coefficient (Wildman–Crippen LogP) is 9.02. The first-order chi connectivity index (χ1) is 15.5. The van der Waals surface area contributed by atoms with Crippen molar-refractivity contribution in [2.75, 3.05) is 0 Å². The Kier molecular flexibility index (Phi) is 7.37. The number of benzene rings is 2. The number of allylic oxidation sites excluding steroid dienone is 1. The molecule has 0 atom stereocenters. The van der Waals surface area contributed by atoms with E-state index in [1.807, 2.05) is 6.08 Å². The molecule has 0 bridgehead atoms. The average Bonchev–Trinajstić information content (AvgIpc) is 2.79. The zero-order valence-corrected chi connectivity index (χ0v) is 18.8. The molecule has 32 heavy (non-hydrogen) atoms. The Balaban J connectivity index is 1.43. The topological polar surface area (TPSA) is 0 Å². The molecule has 0 unspecified atom stereocenters. The summed E-state index contributed by atoms with van der Waals surface area (Å²) in [6.45, 7) is 2.25. The molecule has 0 aliphatic heterocycles. The van der Waals surface area contributed by atoms with Crippen molar-refractivity contribution < 1.29 is 17.6 Å². The van der Waals surface area contributed by atoms with E-state index in [0.29, 0.717) is 17.5 Å². The SMILES string of the molecule is CCCCC1CCC(CCC2=Cc3cc(F)c(-c4ccc(F)c(F)c4)c(F)c3CC2)CC1. The van der Waals surface area contributed by atoms with Crippen LogP contribution in [-0.4, -0.2) is 0 Å². The molecular formula is C28H32F4. The van der Waals surface area contributed by atoms with Crippen LogP contribution in [0.1, 0.15) is 82.3 Å². The Morgan fingerprint density at radius 1 is 0.812 bits per heavy atom. The van der Waals surface area contributed by atoms with Crippen LogP contribution in [0, 0.1) is 35.1 Å². The van der Waals surface area contributed by atoms with Crippen molar-refractivity contribution in [2.24, 2.45) is 11.8 Å². The Labute approximate surface area is 188 Å².